The van der Waals surface area contributed by atoms with Gasteiger partial charge in [0.1, 0.15) is 0 Å². The summed E-state index contributed by atoms with van der Waals surface area (Å²) in [6, 6.07) is 8.57. The Morgan fingerprint density at radius 1 is 1.26 bits per heavy atom. The maximum atomic E-state index is 10.8. The lowest BCUT2D eigenvalue weighted by Crippen LogP contribution is -2.53. The first-order valence-corrected chi connectivity index (χ1v) is 8.10. The van der Waals surface area contributed by atoms with Crippen molar-refractivity contribution in [3.63, 3.8) is 0 Å². The molecule has 1 fully saturated rings. The summed E-state index contributed by atoms with van der Waals surface area (Å²) >= 11 is 2.32. The molecule has 0 bridgehead atoms. The summed E-state index contributed by atoms with van der Waals surface area (Å²) in [7, 11) is 0. The predicted octanol–water partition coefficient (Wildman–Crippen LogP) is 3.35. The molecule has 19 heavy (non-hydrogen) atoms. The van der Waals surface area contributed by atoms with Crippen LogP contribution in [-0.4, -0.2) is 17.8 Å². The molecule has 1 saturated carbocycles. The fourth-order valence-corrected chi connectivity index (χ4v) is 3.84. The lowest BCUT2D eigenvalue weighted by Gasteiger charge is -2.49. The van der Waals surface area contributed by atoms with Gasteiger partial charge in [0, 0.05) is 15.5 Å². The van der Waals surface area contributed by atoms with Gasteiger partial charge in [-0.2, -0.15) is 0 Å². The van der Waals surface area contributed by atoms with Crippen LogP contribution in [-0.2, 0) is 6.42 Å². The quantitative estimate of drug-likeness (QED) is 0.799. The Balaban J connectivity index is 2.24. The molecule has 1 aliphatic carbocycles. The third kappa shape index (κ3) is 3.14. The summed E-state index contributed by atoms with van der Waals surface area (Å²) in [4.78, 5) is 0. The Morgan fingerprint density at radius 3 is 2.47 bits per heavy atom. The molecule has 0 aromatic heterocycles. The molecule has 0 heterocycles. The maximum Gasteiger partial charge on any atom is 0.0662 e. The molecule has 0 saturated heterocycles. The smallest absolute Gasteiger partial charge is 0.0662 e. The van der Waals surface area contributed by atoms with Gasteiger partial charge in [0.15, 0.2) is 0 Å². The van der Waals surface area contributed by atoms with Crippen molar-refractivity contribution in [2.75, 3.05) is 6.54 Å². The molecule has 1 aromatic rings. The average molecular weight is 373 g/mol. The SMILES string of the molecule is CC1(C)CCCC(CN)(Cc2ccc(I)cc2)C1O. The number of rotatable bonds is 3. The van der Waals surface area contributed by atoms with Crippen LogP contribution in [0.25, 0.3) is 0 Å². The van der Waals surface area contributed by atoms with Crippen molar-refractivity contribution in [3.8, 4) is 0 Å². The Kier molecular flexibility index (Phi) is 4.58. The van der Waals surface area contributed by atoms with Crippen molar-refractivity contribution >= 4 is 22.6 Å². The van der Waals surface area contributed by atoms with Crippen LogP contribution in [0.2, 0.25) is 0 Å². The Hall–Kier alpha value is -0.130. The van der Waals surface area contributed by atoms with Gasteiger partial charge in [-0.15, -0.1) is 0 Å². The van der Waals surface area contributed by atoms with Crippen LogP contribution < -0.4 is 5.73 Å². The van der Waals surface area contributed by atoms with E-state index >= 15 is 0 Å². The number of hydrogen-bond donors (Lipinski definition) is 2. The minimum absolute atomic E-state index is 0.0270. The highest BCUT2D eigenvalue weighted by molar-refractivity contribution is 14.1. The number of benzene rings is 1. The molecule has 3 N–H and O–H groups in total. The van der Waals surface area contributed by atoms with E-state index in [4.69, 9.17) is 5.73 Å². The average Bonchev–Trinajstić information content (AvgIpc) is 2.38. The number of aliphatic hydroxyl groups is 1. The summed E-state index contributed by atoms with van der Waals surface area (Å²) in [5.41, 5.74) is 7.16. The van der Waals surface area contributed by atoms with Gasteiger partial charge >= 0.3 is 0 Å². The Bertz CT molecular complexity index is 429. The van der Waals surface area contributed by atoms with Crippen LogP contribution >= 0.6 is 22.6 Å². The molecule has 0 spiro atoms. The highest BCUT2D eigenvalue weighted by atomic mass is 127. The molecule has 3 heteroatoms. The Morgan fingerprint density at radius 2 is 1.89 bits per heavy atom. The molecule has 106 valence electrons. The van der Waals surface area contributed by atoms with Crippen molar-refractivity contribution in [1.29, 1.82) is 0 Å². The van der Waals surface area contributed by atoms with Crippen LogP contribution in [0, 0.1) is 14.4 Å². The van der Waals surface area contributed by atoms with Gasteiger partial charge in [0.2, 0.25) is 0 Å². The lowest BCUT2D eigenvalue weighted by atomic mass is 9.59. The zero-order chi connectivity index (χ0) is 14.1. The molecule has 1 aliphatic rings. The minimum atomic E-state index is -0.321. The third-order valence-corrected chi connectivity index (χ3v) is 5.41. The van der Waals surface area contributed by atoms with Crippen molar-refractivity contribution in [2.45, 2.75) is 45.6 Å². The zero-order valence-electron chi connectivity index (χ0n) is 11.8. The Labute approximate surface area is 129 Å². The second kappa shape index (κ2) is 5.70. The van der Waals surface area contributed by atoms with E-state index in [9.17, 15) is 5.11 Å². The lowest BCUT2D eigenvalue weighted by molar-refractivity contribution is -0.0884. The summed E-state index contributed by atoms with van der Waals surface area (Å²) < 4.78 is 1.24. The number of aliphatic hydroxyl groups excluding tert-OH is 1. The number of nitrogens with two attached hydrogens (primary N) is 1. The van der Waals surface area contributed by atoms with Crippen LogP contribution in [0.4, 0.5) is 0 Å². The summed E-state index contributed by atoms with van der Waals surface area (Å²) in [5, 5.41) is 10.8. The summed E-state index contributed by atoms with van der Waals surface area (Å²) in [6.45, 7) is 4.88. The molecule has 0 amide bonds. The van der Waals surface area contributed by atoms with Crippen molar-refractivity contribution in [2.24, 2.45) is 16.6 Å². The van der Waals surface area contributed by atoms with Gasteiger partial charge in [-0.1, -0.05) is 32.4 Å². The van der Waals surface area contributed by atoms with Crippen LogP contribution in [0.1, 0.15) is 38.7 Å². The van der Waals surface area contributed by atoms with Crippen LogP contribution in [0.5, 0.6) is 0 Å². The van der Waals surface area contributed by atoms with Crippen molar-refractivity contribution in [1.82, 2.24) is 0 Å². The van der Waals surface area contributed by atoms with Gasteiger partial charge in [0.25, 0.3) is 0 Å². The van der Waals surface area contributed by atoms with E-state index < -0.39 is 0 Å². The molecule has 0 aliphatic heterocycles. The van der Waals surface area contributed by atoms with Crippen molar-refractivity contribution < 1.29 is 5.11 Å². The van der Waals surface area contributed by atoms with E-state index in [1.807, 2.05) is 0 Å². The van der Waals surface area contributed by atoms with E-state index in [1.165, 1.54) is 9.13 Å². The van der Waals surface area contributed by atoms with E-state index in [2.05, 4.69) is 60.7 Å². The van der Waals surface area contributed by atoms with Gasteiger partial charge < -0.3 is 10.8 Å². The first-order chi connectivity index (χ1) is 8.89. The molecular weight excluding hydrogens is 349 g/mol. The summed E-state index contributed by atoms with van der Waals surface area (Å²) in [5.74, 6) is 0. The second-order valence-corrected chi connectivity index (χ2v) is 7.86. The third-order valence-electron chi connectivity index (χ3n) is 4.69. The summed E-state index contributed by atoms with van der Waals surface area (Å²) in [6.07, 6.45) is 3.83. The fourth-order valence-electron chi connectivity index (χ4n) is 3.48. The molecule has 1 aromatic carbocycles. The first-order valence-electron chi connectivity index (χ1n) is 7.02. The molecular formula is C16H24INO. The van der Waals surface area contributed by atoms with Crippen LogP contribution in [0.3, 0.4) is 0 Å². The highest BCUT2D eigenvalue weighted by Gasteiger charge is 2.47. The zero-order valence-corrected chi connectivity index (χ0v) is 14.0. The maximum absolute atomic E-state index is 10.8. The number of hydrogen-bond acceptors (Lipinski definition) is 2. The minimum Gasteiger partial charge on any atom is -0.392 e. The largest absolute Gasteiger partial charge is 0.392 e. The standard InChI is InChI=1S/C16H24INO/c1-15(2)8-3-9-16(11-18,14(15)19)10-12-4-6-13(17)7-5-12/h4-7,14,19H,3,8-11,18H2,1-2H3. The topological polar surface area (TPSA) is 46.2 Å². The highest BCUT2D eigenvalue weighted by Crippen LogP contribution is 2.47. The predicted molar refractivity (Wildman–Crippen MR) is 88.0 cm³/mol. The second-order valence-electron chi connectivity index (χ2n) is 6.61. The number of halogens is 1. The van der Waals surface area contributed by atoms with Crippen molar-refractivity contribution in [3.05, 3.63) is 33.4 Å². The molecule has 2 atom stereocenters. The van der Waals surface area contributed by atoms with Gasteiger partial charge in [-0.05, 0) is 65.0 Å². The van der Waals surface area contributed by atoms with Gasteiger partial charge in [-0.25, -0.2) is 0 Å². The molecule has 0 radical (unpaired) electrons. The van der Waals surface area contributed by atoms with Gasteiger partial charge in [0.05, 0.1) is 6.10 Å². The normalized spacial score (nSPS) is 30.3. The monoisotopic (exact) mass is 373 g/mol. The van der Waals surface area contributed by atoms with E-state index in [1.54, 1.807) is 0 Å². The van der Waals surface area contributed by atoms with E-state index in [0.29, 0.717) is 6.54 Å². The van der Waals surface area contributed by atoms with E-state index in [-0.39, 0.29) is 16.9 Å². The fraction of sp³-hybridized carbons (Fsp3) is 0.625. The first kappa shape index (κ1) is 15.3. The molecule has 2 unspecified atom stereocenters. The van der Waals surface area contributed by atoms with E-state index in [0.717, 1.165) is 25.7 Å². The van der Waals surface area contributed by atoms with Gasteiger partial charge in [-0.3, -0.25) is 0 Å². The molecule has 2 rings (SSSR count). The van der Waals surface area contributed by atoms with Crippen LogP contribution in [0.15, 0.2) is 24.3 Å². The molecule has 2 nitrogen and oxygen atoms in total.